The summed E-state index contributed by atoms with van der Waals surface area (Å²) in [6.07, 6.45) is -4.37. The third-order valence-electron chi connectivity index (χ3n) is 1.79. The van der Waals surface area contributed by atoms with Gasteiger partial charge in [-0.1, -0.05) is 13.3 Å². The summed E-state index contributed by atoms with van der Waals surface area (Å²) in [5, 5.41) is 0. The summed E-state index contributed by atoms with van der Waals surface area (Å²) in [7, 11) is -4.17. The lowest BCUT2D eigenvalue weighted by Gasteiger charge is -2.26. The molecule has 1 unspecified atom stereocenters. The molecule has 0 aliphatic heterocycles. The molecule has 0 rings (SSSR count). The molecule has 0 N–H and O–H groups in total. The lowest BCUT2D eigenvalue weighted by Crippen LogP contribution is -2.44. The molecule has 18 heavy (non-hydrogen) atoms. The SMILES string of the molecule is CCCCOP(=O)(OC)OC(F)(F)C(F)(F)CF. The minimum Gasteiger partial charge on any atom is -0.290 e. The van der Waals surface area contributed by atoms with Gasteiger partial charge in [0.25, 0.3) is 0 Å². The van der Waals surface area contributed by atoms with Crippen molar-refractivity contribution in [2.24, 2.45) is 0 Å². The van der Waals surface area contributed by atoms with E-state index < -0.39 is 26.5 Å². The summed E-state index contributed by atoms with van der Waals surface area (Å²) in [5.41, 5.74) is 0. The molecule has 0 fully saturated rings. The van der Waals surface area contributed by atoms with E-state index >= 15 is 0 Å². The molecule has 0 saturated carbocycles. The number of phosphoric ester groups is 1. The molecule has 0 radical (unpaired) electrons. The Labute approximate surface area is 101 Å². The van der Waals surface area contributed by atoms with Gasteiger partial charge in [-0.3, -0.25) is 9.05 Å². The highest BCUT2D eigenvalue weighted by molar-refractivity contribution is 7.48. The molecule has 0 aliphatic rings. The van der Waals surface area contributed by atoms with E-state index in [2.05, 4.69) is 13.6 Å². The predicted octanol–water partition coefficient (Wildman–Crippen LogP) is 3.77. The minimum atomic E-state index is -5.29. The van der Waals surface area contributed by atoms with Crippen molar-refractivity contribution < 1.29 is 40.1 Å². The number of phosphoric acid groups is 1. The lowest BCUT2D eigenvalue weighted by molar-refractivity contribution is -0.318. The summed E-state index contributed by atoms with van der Waals surface area (Å²) in [4.78, 5) is 0. The largest absolute Gasteiger partial charge is 0.479 e. The van der Waals surface area contributed by atoms with Gasteiger partial charge in [-0.05, 0) is 6.42 Å². The smallest absolute Gasteiger partial charge is 0.290 e. The monoisotopic (exact) mass is 300 g/mol. The molecule has 0 aromatic carbocycles. The second-order valence-corrected chi connectivity index (χ2v) is 4.96. The number of alkyl halides is 5. The van der Waals surface area contributed by atoms with Gasteiger partial charge in [-0.25, -0.2) is 13.5 Å². The zero-order chi connectivity index (χ0) is 14.4. The Bertz CT molecular complexity index is 299. The standard InChI is InChI=1S/C8H14F5O4P/c1-3-4-5-16-18(14,15-2)17-8(12,13)7(10,11)6-9/h3-6H2,1-2H3. The Balaban J connectivity index is 4.74. The highest BCUT2D eigenvalue weighted by Gasteiger charge is 2.62. The number of unbranched alkanes of at least 4 members (excludes halogenated alkanes) is 1. The van der Waals surface area contributed by atoms with E-state index in [1.165, 1.54) is 0 Å². The van der Waals surface area contributed by atoms with Crippen LogP contribution in [-0.2, 0) is 18.1 Å². The fraction of sp³-hybridized carbons (Fsp3) is 1.00. The van der Waals surface area contributed by atoms with Gasteiger partial charge in [0, 0.05) is 7.11 Å². The number of halogens is 5. The van der Waals surface area contributed by atoms with Gasteiger partial charge in [0.1, 0.15) is 0 Å². The van der Waals surface area contributed by atoms with Gasteiger partial charge in [-0.15, -0.1) is 0 Å². The van der Waals surface area contributed by atoms with Crippen molar-refractivity contribution in [1.29, 1.82) is 0 Å². The second-order valence-electron chi connectivity index (χ2n) is 3.26. The molecule has 0 spiro atoms. The first-order valence-electron chi connectivity index (χ1n) is 4.97. The molecule has 1 atom stereocenters. The third kappa shape index (κ3) is 4.79. The van der Waals surface area contributed by atoms with Crippen molar-refractivity contribution in [3.05, 3.63) is 0 Å². The molecule has 0 aromatic rings. The van der Waals surface area contributed by atoms with Crippen LogP contribution in [0.5, 0.6) is 0 Å². The van der Waals surface area contributed by atoms with Crippen LogP contribution in [0, 0.1) is 0 Å². The second kappa shape index (κ2) is 6.79. The maximum Gasteiger partial charge on any atom is 0.479 e. The topological polar surface area (TPSA) is 44.8 Å². The summed E-state index contributed by atoms with van der Waals surface area (Å²) in [6.45, 7) is -1.22. The van der Waals surface area contributed by atoms with Crippen molar-refractivity contribution in [2.75, 3.05) is 20.4 Å². The van der Waals surface area contributed by atoms with Crippen LogP contribution < -0.4 is 0 Å². The van der Waals surface area contributed by atoms with Crippen LogP contribution >= 0.6 is 7.82 Å². The normalized spacial score (nSPS) is 16.6. The fourth-order valence-electron chi connectivity index (χ4n) is 0.722. The maximum absolute atomic E-state index is 12.8. The van der Waals surface area contributed by atoms with Gasteiger partial charge >= 0.3 is 19.9 Å². The lowest BCUT2D eigenvalue weighted by atomic mass is 10.3. The molecule has 0 aromatic heterocycles. The molecule has 0 amide bonds. The first-order valence-corrected chi connectivity index (χ1v) is 6.43. The van der Waals surface area contributed by atoms with Crippen molar-refractivity contribution >= 4 is 7.82 Å². The quantitative estimate of drug-likeness (QED) is 0.369. The van der Waals surface area contributed by atoms with E-state index in [4.69, 9.17) is 0 Å². The molecular formula is C8H14F5O4P. The molecule has 4 nitrogen and oxygen atoms in total. The first kappa shape index (κ1) is 17.8. The first-order chi connectivity index (χ1) is 8.14. The van der Waals surface area contributed by atoms with Gasteiger partial charge in [0.05, 0.1) is 6.61 Å². The van der Waals surface area contributed by atoms with Gasteiger partial charge in [0.15, 0.2) is 6.67 Å². The number of hydrogen-bond acceptors (Lipinski definition) is 4. The molecule has 10 heteroatoms. The van der Waals surface area contributed by atoms with E-state index in [0.29, 0.717) is 20.0 Å². The van der Waals surface area contributed by atoms with Gasteiger partial charge < -0.3 is 0 Å². The summed E-state index contributed by atoms with van der Waals surface area (Å²) in [6, 6.07) is 0. The molecular weight excluding hydrogens is 286 g/mol. The van der Waals surface area contributed by atoms with Crippen LogP contribution in [0.25, 0.3) is 0 Å². The number of hydrogen-bond donors (Lipinski definition) is 0. The van der Waals surface area contributed by atoms with E-state index in [1.54, 1.807) is 6.92 Å². The third-order valence-corrected chi connectivity index (χ3v) is 3.19. The zero-order valence-electron chi connectivity index (χ0n) is 9.80. The molecule has 110 valence electrons. The van der Waals surface area contributed by atoms with Crippen molar-refractivity contribution in [3.63, 3.8) is 0 Å². The van der Waals surface area contributed by atoms with Crippen LogP contribution in [0.3, 0.4) is 0 Å². The van der Waals surface area contributed by atoms with Crippen LogP contribution in [0.15, 0.2) is 0 Å². The zero-order valence-corrected chi connectivity index (χ0v) is 10.7. The van der Waals surface area contributed by atoms with E-state index in [1.807, 2.05) is 0 Å². The van der Waals surface area contributed by atoms with Crippen molar-refractivity contribution in [2.45, 2.75) is 31.8 Å². The molecule has 0 heterocycles. The fourth-order valence-corrected chi connectivity index (χ4v) is 1.72. The Morgan fingerprint density at radius 3 is 2.17 bits per heavy atom. The van der Waals surface area contributed by atoms with E-state index in [9.17, 15) is 26.5 Å². The molecule has 0 aliphatic carbocycles. The average Bonchev–Trinajstić information content (AvgIpc) is 2.28. The summed E-state index contributed by atoms with van der Waals surface area (Å²) in [5.74, 6) is -5.12. The van der Waals surface area contributed by atoms with E-state index in [-0.39, 0.29) is 6.61 Å². The Hall–Kier alpha value is -0.240. The average molecular weight is 300 g/mol. The predicted molar refractivity (Wildman–Crippen MR) is 52.4 cm³/mol. The van der Waals surface area contributed by atoms with Crippen LogP contribution in [-0.4, -0.2) is 32.4 Å². The maximum atomic E-state index is 12.8. The van der Waals surface area contributed by atoms with Gasteiger partial charge in [-0.2, -0.15) is 17.6 Å². The Morgan fingerprint density at radius 1 is 1.22 bits per heavy atom. The van der Waals surface area contributed by atoms with Crippen LogP contribution in [0.4, 0.5) is 22.0 Å². The van der Waals surface area contributed by atoms with Crippen LogP contribution in [0.1, 0.15) is 19.8 Å². The number of rotatable bonds is 9. The van der Waals surface area contributed by atoms with Crippen molar-refractivity contribution in [3.8, 4) is 0 Å². The Kier molecular flexibility index (Phi) is 6.70. The summed E-state index contributed by atoms with van der Waals surface area (Å²) < 4.78 is 85.7. The van der Waals surface area contributed by atoms with Crippen LogP contribution in [0.2, 0.25) is 0 Å². The Morgan fingerprint density at radius 2 is 1.78 bits per heavy atom. The highest BCUT2D eigenvalue weighted by atomic mass is 31.2. The molecule has 0 saturated heterocycles. The minimum absolute atomic E-state index is 0.279. The van der Waals surface area contributed by atoms with Gasteiger partial charge in [0.2, 0.25) is 0 Å². The van der Waals surface area contributed by atoms with E-state index in [0.717, 1.165) is 0 Å². The highest BCUT2D eigenvalue weighted by Crippen LogP contribution is 2.55. The van der Waals surface area contributed by atoms with Crippen molar-refractivity contribution in [1.82, 2.24) is 0 Å². The summed E-state index contributed by atoms with van der Waals surface area (Å²) >= 11 is 0. The molecule has 0 bridgehead atoms.